The van der Waals surface area contributed by atoms with Crippen molar-refractivity contribution in [3.63, 3.8) is 0 Å². The summed E-state index contributed by atoms with van der Waals surface area (Å²) in [6.45, 7) is 3.69. The summed E-state index contributed by atoms with van der Waals surface area (Å²) in [5, 5.41) is 6.71. The highest BCUT2D eigenvalue weighted by Gasteiger charge is 2.18. The first kappa shape index (κ1) is 23.8. The number of nitrogens with two attached hydrogens (primary N) is 1. The Hall–Kier alpha value is -3.91. The van der Waals surface area contributed by atoms with Gasteiger partial charge in [-0.05, 0) is 61.7 Å². The minimum Gasteiger partial charge on any atom is -0.371 e. The molecule has 0 saturated carbocycles. The molecule has 4 N–H and O–H groups in total. The third-order valence-electron chi connectivity index (χ3n) is 6.76. The molecule has 1 fully saturated rings. The van der Waals surface area contributed by atoms with Gasteiger partial charge < -0.3 is 26.2 Å². The molecule has 3 heterocycles. The maximum Gasteiger partial charge on any atom is 0.258 e. The van der Waals surface area contributed by atoms with E-state index in [0.717, 1.165) is 73.9 Å². The lowest BCUT2D eigenvalue weighted by molar-refractivity contribution is 0.0993. The van der Waals surface area contributed by atoms with Crippen LogP contribution in [0.15, 0.2) is 71.9 Å². The maximum absolute atomic E-state index is 13.2. The normalized spacial score (nSPS) is 16.2. The Labute approximate surface area is 212 Å². The summed E-state index contributed by atoms with van der Waals surface area (Å²) in [4.78, 5) is 26.2. The quantitative estimate of drug-likeness (QED) is 0.494. The van der Waals surface area contributed by atoms with Crippen molar-refractivity contribution in [2.45, 2.75) is 25.3 Å². The molecule has 36 heavy (non-hydrogen) atoms. The molecule has 1 saturated heterocycles. The summed E-state index contributed by atoms with van der Waals surface area (Å²) < 4.78 is 0. The highest BCUT2D eigenvalue weighted by Crippen LogP contribution is 2.24. The van der Waals surface area contributed by atoms with E-state index in [9.17, 15) is 4.79 Å². The first-order valence-corrected chi connectivity index (χ1v) is 12.6. The van der Waals surface area contributed by atoms with Gasteiger partial charge in [0, 0.05) is 79.7 Å². The Morgan fingerprint density at radius 2 is 1.92 bits per heavy atom. The van der Waals surface area contributed by atoms with Crippen LogP contribution in [0.1, 0.15) is 35.2 Å². The number of amides is 1. The lowest BCUT2D eigenvalue weighted by Crippen LogP contribution is -2.39. The minimum atomic E-state index is -0.0669. The van der Waals surface area contributed by atoms with E-state index in [4.69, 9.17) is 5.73 Å². The molecule has 5 rings (SSSR count). The number of carbonyl (C=O) groups is 1. The van der Waals surface area contributed by atoms with E-state index in [1.807, 2.05) is 54.6 Å². The number of hydrogen-bond donors (Lipinski definition) is 3. The van der Waals surface area contributed by atoms with Crippen LogP contribution in [0.25, 0.3) is 0 Å². The average Bonchev–Trinajstić information content (AvgIpc) is 2.93. The Balaban J connectivity index is 1.26. The molecule has 0 radical (unpaired) electrons. The predicted octanol–water partition coefficient (Wildman–Crippen LogP) is 3.77. The molecule has 0 spiro atoms. The Morgan fingerprint density at radius 1 is 1.11 bits per heavy atom. The highest BCUT2D eigenvalue weighted by atomic mass is 16.2. The monoisotopic (exact) mass is 483 g/mol. The summed E-state index contributed by atoms with van der Waals surface area (Å²) in [5.74, 6) is 1.52. The van der Waals surface area contributed by atoms with Crippen molar-refractivity contribution in [2.24, 2.45) is 10.7 Å². The van der Waals surface area contributed by atoms with E-state index >= 15 is 0 Å². The van der Waals surface area contributed by atoms with Crippen LogP contribution in [-0.2, 0) is 0 Å². The van der Waals surface area contributed by atoms with Gasteiger partial charge in [-0.2, -0.15) is 0 Å². The van der Waals surface area contributed by atoms with Gasteiger partial charge in [0.25, 0.3) is 5.91 Å². The SMILES string of the molecule is CN(C(=O)c1ccc(N2CCC(N)CC2)cc1)c1ccnc(Nc2cccc(C3=NCCCN3)c2)c1. The van der Waals surface area contributed by atoms with Crippen LogP contribution in [0.4, 0.5) is 22.9 Å². The van der Waals surface area contributed by atoms with Crippen molar-refractivity contribution < 1.29 is 4.79 Å². The lowest BCUT2D eigenvalue weighted by Gasteiger charge is -2.32. The molecular formula is C28H33N7O. The second kappa shape index (κ2) is 10.8. The molecule has 2 aliphatic heterocycles. The van der Waals surface area contributed by atoms with Gasteiger partial charge in [0.15, 0.2) is 0 Å². The number of aliphatic imine (C=N–C) groups is 1. The summed E-state index contributed by atoms with van der Waals surface area (Å²) in [5.41, 5.74) is 10.5. The fourth-order valence-electron chi connectivity index (χ4n) is 4.60. The molecule has 8 heteroatoms. The van der Waals surface area contributed by atoms with Gasteiger partial charge in [-0.15, -0.1) is 0 Å². The molecule has 0 aliphatic carbocycles. The van der Waals surface area contributed by atoms with Crippen LogP contribution < -0.4 is 26.2 Å². The van der Waals surface area contributed by atoms with Crippen LogP contribution in [0.3, 0.4) is 0 Å². The maximum atomic E-state index is 13.2. The standard InChI is InChI=1S/C28H33N7O/c1-34(28(36)20-6-8-24(9-7-20)35-16-11-22(29)12-17-35)25-10-15-30-26(19-25)33-23-5-2-4-21(18-23)27-31-13-3-14-32-27/h2,4-10,15,18-19,22H,3,11-14,16-17,29H2,1H3,(H,30,33)(H,31,32). The molecule has 3 aromatic rings. The number of carbonyl (C=O) groups excluding carboxylic acids is 1. The Morgan fingerprint density at radius 3 is 2.67 bits per heavy atom. The van der Waals surface area contributed by atoms with Gasteiger partial charge in [0.05, 0.1) is 0 Å². The van der Waals surface area contributed by atoms with E-state index in [1.165, 1.54) is 0 Å². The van der Waals surface area contributed by atoms with Gasteiger partial charge in [-0.25, -0.2) is 4.98 Å². The number of nitrogens with zero attached hydrogens (tertiary/aromatic N) is 4. The number of piperidine rings is 1. The largest absolute Gasteiger partial charge is 0.371 e. The van der Waals surface area contributed by atoms with Gasteiger partial charge in [0.1, 0.15) is 11.7 Å². The van der Waals surface area contributed by atoms with Crippen LogP contribution in [0.5, 0.6) is 0 Å². The fourth-order valence-corrected chi connectivity index (χ4v) is 4.60. The molecular weight excluding hydrogens is 450 g/mol. The van der Waals surface area contributed by atoms with Crippen LogP contribution in [0, 0.1) is 0 Å². The molecule has 0 unspecified atom stereocenters. The molecule has 0 atom stereocenters. The van der Waals surface area contributed by atoms with Crippen molar-refractivity contribution in [1.29, 1.82) is 0 Å². The third kappa shape index (κ3) is 5.49. The molecule has 1 aromatic heterocycles. The van der Waals surface area contributed by atoms with Crippen molar-refractivity contribution in [3.05, 3.63) is 78.0 Å². The molecule has 1 amide bonds. The summed E-state index contributed by atoms with van der Waals surface area (Å²) in [6, 6.07) is 20.0. The van der Waals surface area contributed by atoms with Crippen molar-refractivity contribution in [2.75, 3.05) is 48.3 Å². The van der Waals surface area contributed by atoms with Gasteiger partial charge in [-0.3, -0.25) is 9.79 Å². The number of anilines is 4. The molecule has 186 valence electrons. The van der Waals surface area contributed by atoms with E-state index in [1.54, 1.807) is 18.1 Å². The van der Waals surface area contributed by atoms with E-state index < -0.39 is 0 Å². The molecule has 8 nitrogen and oxygen atoms in total. The molecule has 0 bridgehead atoms. The predicted molar refractivity (Wildman–Crippen MR) is 147 cm³/mol. The first-order valence-electron chi connectivity index (χ1n) is 12.6. The summed E-state index contributed by atoms with van der Waals surface area (Å²) in [6.07, 6.45) is 4.76. The topological polar surface area (TPSA) is 98.9 Å². The lowest BCUT2D eigenvalue weighted by atomic mass is 10.0. The van der Waals surface area contributed by atoms with Crippen LogP contribution >= 0.6 is 0 Å². The third-order valence-corrected chi connectivity index (χ3v) is 6.76. The molecule has 2 aliphatic rings. The van der Waals surface area contributed by atoms with E-state index in [-0.39, 0.29) is 5.91 Å². The Bertz CT molecular complexity index is 1230. The van der Waals surface area contributed by atoms with Crippen LogP contribution in [0.2, 0.25) is 0 Å². The first-order chi connectivity index (χ1) is 17.6. The fraction of sp³-hybridized carbons (Fsp3) is 0.321. The zero-order valence-corrected chi connectivity index (χ0v) is 20.7. The van der Waals surface area contributed by atoms with E-state index in [0.29, 0.717) is 17.4 Å². The number of nitrogens with one attached hydrogen (secondary N) is 2. The summed E-state index contributed by atoms with van der Waals surface area (Å²) in [7, 11) is 1.79. The Kier molecular flexibility index (Phi) is 7.13. The van der Waals surface area contributed by atoms with Crippen molar-refractivity contribution in [1.82, 2.24) is 10.3 Å². The zero-order chi connectivity index (χ0) is 24.9. The van der Waals surface area contributed by atoms with Gasteiger partial charge in [0.2, 0.25) is 0 Å². The molecule has 2 aromatic carbocycles. The number of hydrogen-bond acceptors (Lipinski definition) is 7. The van der Waals surface area contributed by atoms with Crippen molar-refractivity contribution >= 4 is 34.6 Å². The number of rotatable bonds is 6. The average molecular weight is 484 g/mol. The summed E-state index contributed by atoms with van der Waals surface area (Å²) >= 11 is 0. The second-order valence-corrected chi connectivity index (χ2v) is 9.35. The highest BCUT2D eigenvalue weighted by molar-refractivity contribution is 6.06. The van der Waals surface area contributed by atoms with Gasteiger partial charge >= 0.3 is 0 Å². The second-order valence-electron chi connectivity index (χ2n) is 9.35. The number of amidine groups is 1. The van der Waals surface area contributed by atoms with E-state index in [2.05, 4.69) is 31.6 Å². The smallest absolute Gasteiger partial charge is 0.258 e. The zero-order valence-electron chi connectivity index (χ0n) is 20.7. The number of benzene rings is 2. The number of pyridine rings is 1. The van der Waals surface area contributed by atoms with Crippen LogP contribution in [-0.4, -0.2) is 56.0 Å². The van der Waals surface area contributed by atoms with Crippen molar-refractivity contribution in [3.8, 4) is 0 Å². The minimum absolute atomic E-state index is 0.0669. The van der Waals surface area contributed by atoms with Gasteiger partial charge in [-0.1, -0.05) is 12.1 Å². The number of aromatic nitrogens is 1.